The first-order chi connectivity index (χ1) is 22.8. The molecule has 0 saturated heterocycles. The number of aliphatic hydroxyl groups excluding tert-OH is 1. The zero-order valence-corrected chi connectivity index (χ0v) is 30.3. The Morgan fingerprint density at radius 3 is 2.19 bits per heavy atom. The summed E-state index contributed by atoms with van der Waals surface area (Å²) in [5.74, 6) is -0.934. The Morgan fingerprint density at radius 1 is 1.04 bits per heavy atom. The molecule has 0 radical (unpaired) electrons. The standard InChI is InChI=1S/C27H42N6O6S.C8H14/c1-7-8-13-28-14-19-9-11-20(12-10-19)16-33(17-21(34)15-29-24(36)25(40)30-18-38-5)32-23(35)22(27(2,3)4)31-26(37)39-6;1-3-5-7-8-6-4-2/h7-14,21-22,25,30,34,40H,1,15-18H2,2-6H3,(H,29,36)(H,31,37)(H,32,35);5-8H,3-4H2,1-2H3/b13-8-,28-14?;7-5-,8-6-. The largest absolute Gasteiger partial charge is 0.453 e. The maximum absolute atomic E-state index is 13.3. The highest BCUT2D eigenvalue weighted by Crippen LogP contribution is 2.20. The Labute approximate surface area is 292 Å². The van der Waals surface area contributed by atoms with Gasteiger partial charge in [0.1, 0.15) is 11.4 Å². The van der Waals surface area contributed by atoms with E-state index in [2.05, 4.69) is 88.5 Å². The van der Waals surface area contributed by atoms with E-state index in [1.807, 2.05) is 24.3 Å². The molecule has 268 valence electrons. The first kappa shape index (κ1) is 44.2. The number of thiol groups is 1. The number of hydrogen-bond acceptors (Lipinski definition) is 10. The number of hydrogen-bond donors (Lipinski definition) is 6. The molecule has 48 heavy (non-hydrogen) atoms. The number of nitrogens with zero attached hydrogens (tertiary/aromatic N) is 2. The molecule has 0 spiro atoms. The van der Waals surface area contributed by atoms with Crippen LogP contribution in [0.5, 0.6) is 0 Å². The minimum absolute atomic E-state index is 0.0284. The van der Waals surface area contributed by atoms with Gasteiger partial charge in [-0.3, -0.25) is 25.3 Å². The molecule has 1 rings (SSSR count). The van der Waals surface area contributed by atoms with Crippen molar-refractivity contribution in [1.29, 1.82) is 0 Å². The van der Waals surface area contributed by atoms with Crippen molar-refractivity contribution in [2.75, 3.05) is 34.0 Å². The fourth-order valence-electron chi connectivity index (χ4n) is 3.71. The minimum atomic E-state index is -1.04. The number of methoxy groups -OCH3 is 2. The summed E-state index contributed by atoms with van der Waals surface area (Å²) in [5.41, 5.74) is 3.86. The predicted octanol–water partition coefficient (Wildman–Crippen LogP) is 4.25. The Morgan fingerprint density at radius 2 is 1.67 bits per heavy atom. The molecule has 0 fully saturated rings. The van der Waals surface area contributed by atoms with E-state index in [9.17, 15) is 19.5 Å². The number of aliphatic imine (C=N–C) groups is 1. The van der Waals surface area contributed by atoms with E-state index in [-0.39, 0.29) is 26.4 Å². The van der Waals surface area contributed by atoms with Crippen LogP contribution in [-0.4, -0.2) is 85.8 Å². The molecule has 1 aromatic rings. The van der Waals surface area contributed by atoms with Gasteiger partial charge in [0.05, 0.1) is 19.9 Å². The summed E-state index contributed by atoms with van der Waals surface area (Å²) in [4.78, 5) is 41.5. The number of hydrazine groups is 1. The van der Waals surface area contributed by atoms with Gasteiger partial charge >= 0.3 is 6.09 Å². The van der Waals surface area contributed by atoms with Crippen molar-refractivity contribution in [3.8, 4) is 0 Å². The number of ether oxygens (including phenoxy) is 2. The minimum Gasteiger partial charge on any atom is -0.453 e. The highest BCUT2D eigenvalue weighted by atomic mass is 32.1. The third-order valence-electron chi connectivity index (χ3n) is 6.20. The summed E-state index contributed by atoms with van der Waals surface area (Å²) < 4.78 is 9.54. The maximum Gasteiger partial charge on any atom is 0.407 e. The number of carbonyl (C=O) groups excluding carboxylic acids is 3. The van der Waals surface area contributed by atoms with Gasteiger partial charge in [-0.25, -0.2) is 9.80 Å². The lowest BCUT2D eigenvalue weighted by molar-refractivity contribution is -0.131. The Hall–Kier alpha value is -3.75. The van der Waals surface area contributed by atoms with Crippen LogP contribution in [0.2, 0.25) is 0 Å². The van der Waals surface area contributed by atoms with Gasteiger partial charge in [0.2, 0.25) is 5.91 Å². The second-order valence-corrected chi connectivity index (χ2v) is 12.0. The molecule has 0 bridgehead atoms. The monoisotopic (exact) mass is 688 g/mol. The molecule has 3 unspecified atom stereocenters. The van der Waals surface area contributed by atoms with E-state index in [1.54, 1.807) is 45.3 Å². The molecule has 0 heterocycles. The highest BCUT2D eigenvalue weighted by molar-refractivity contribution is 7.81. The second kappa shape index (κ2) is 26.2. The van der Waals surface area contributed by atoms with Gasteiger partial charge in [-0.15, -0.1) is 0 Å². The van der Waals surface area contributed by atoms with Crippen LogP contribution in [0.4, 0.5) is 4.79 Å². The van der Waals surface area contributed by atoms with E-state index in [4.69, 9.17) is 4.74 Å². The number of alkyl carbamates (subject to hydrolysis) is 1. The van der Waals surface area contributed by atoms with Crippen LogP contribution < -0.4 is 21.4 Å². The molecule has 0 aliphatic carbocycles. The average molecular weight is 689 g/mol. The molecule has 0 aromatic heterocycles. The van der Waals surface area contributed by atoms with Gasteiger partial charge in [0.25, 0.3) is 5.91 Å². The second-order valence-electron chi connectivity index (χ2n) is 11.5. The van der Waals surface area contributed by atoms with Crippen LogP contribution >= 0.6 is 12.6 Å². The average Bonchev–Trinajstić information content (AvgIpc) is 3.05. The number of benzene rings is 1. The van der Waals surface area contributed by atoms with E-state index >= 15 is 0 Å². The molecule has 1 aromatic carbocycles. The first-order valence-electron chi connectivity index (χ1n) is 15.8. The Balaban J connectivity index is 0.00000243. The number of amides is 3. The van der Waals surface area contributed by atoms with E-state index in [1.165, 1.54) is 19.2 Å². The molecule has 0 saturated carbocycles. The molecule has 13 heteroatoms. The fraction of sp³-hybridized carbons (Fsp3) is 0.486. The lowest BCUT2D eigenvalue weighted by Crippen LogP contribution is -2.58. The van der Waals surface area contributed by atoms with Gasteiger partial charge in [0.15, 0.2) is 0 Å². The van der Waals surface area contributed by atoms with E-state index in [0.29, 0.717) is 0 Å². The van der Waals surface area contributed by atoms with Crippen molar-refractivity contribution in [1.82, 2.24) is 26.4 Å². The Bertz CT molecular complexity index is 1180. The van der Waals surface area contributed by atoms with Crippen LogP contribution in [0.3, 0.4) is 0 Å². The SMILES string of the molecule is C=C/C=C\N=Cc1ccc(CN(CC(O)CNC(=O)C(S)NCOC)NC(=O)C(NC(=O)OC)C(C)(C)C)cc1.CC/C=C\C=C/CC. The summed E-state index contributed by atoms with van der Waals surface area (Å²) >= 11 is 4.15. The summed E-state index contributed by atoms with van der Waals surface area (Å²) in [6, 6.07) is 6.54. The molecule has 0 aliphatic rings. The van der Waals surface area contributed by atoms with Gasteiger partial charge in [-0.1, -0.05) is 95.8 Å². The van der Waals surface area contributed by atoms with Crippen molar-refractivity contribution < 1.29 is 29.0 Å². The topological polar surface area (TPSA) is 154 Å². The Kier molecular flexibility index (Phi) is 24.2. The molecule has 3 amide bonds. The number of aliphatic hydroxyl groups is 1. The zero-order chi connectivity index (χ0) is 36.4. The number of rotatable bonds is 19. The smallest absolute Gasteiger partial charge is 0.407 e. The van der Waals surface area contributed by atoms with Crippen molar-refractivity contribution in [3.05, 3.63) is 84.6 Å². The fourth-order valence-corrected chi connectivity index (χ4v) is 3.88. The number of carbonyl (C=O) groups is 3. The van der Waals surface area contributed by atoms with Gasteiger partial charge in [-0.2, -0.15) is 12.6 Å². The number of nitrogens with one attached hydrogen (secondary N) is 4. The van der Waals surface area contributed by atoms with Gasteiger partial charge in [0, 0.05) is 39.2 Å². The normalized spacial score (nSPS) is 13.7. The van der Waals surface area contributed by atoms with Crippen molar-refractivity contribution in [2.24, 2.45) is 10.4 Å². The highest BCUT2D eigenvalue weighted by Gasteiger charge is 2.34. The van der Waals surface area contributed by atoms with Crippen LogP contribution in [0, 0.1) is 5.41 Å². The van der Waals surface area contributed by atoms with Crippen LogP contribution in [0.15, 0.2) is 78.5 Å². The zero-order valence-electron chi connectivity index (χ0n) is 29.4. The summed E-state index contributed by atoms with van der Waals surface area (Å²) in [7, 11) is 2.69. The van der Waals surface area contributed by atoms with Crippen LogP contribution in [0.1, 0.15) is 58.6 Å². The van der Waals surface area contributed by atoms with E-state index in [0.717, 1.165) is 24.0 Å². The summed E-state index contributed by atoms with van der Waals surface area (Å²) in [5, 5.41) is 19.3. The van der Waals surface area contributed by atoms with Crippen LogP contribution in [0.25, 0.3) is 0 Å². The van der Waals surface area contributed by atoms with Gasteiger partial charge in [-0.05, 0) is 35.5 Å². The lowest BCUT2D eigenvalue weighted by atomic mass is 9.86. The predicted molar refractivity (Wildman–Crippen MR) is 196 cm³/mol. The molecular formula is C35H56N6O6S. The lowest BCUT2D eigenvalue weighted by Gasteiger charge is -2.33. The van der Waals surface area contributed by atoms with Crippen LogP contribution in [-0.2, 0) is 25.6 Å². The molecular weight excluding hydrogens is 632 g/mol. The maximum atomic E-state index is 13.3. The quantitative estimate of drug-likeness (QED) is 0.0415. The van der Waals surface area contributed by atoms with Crippen molar-refractivity contribution in [3.63, 3.8) is 0 Å². The van der Waals surface area contributed by atoms with Crippen molar-refractivity contribution in [2.45, 2.75) is 71.5 Å². The van der Waals surface area contributed by atoms with Crippen molar-refractivity contribution >= 4 is 36.8 Å². The molecule has 12 nitrogen and oxygen atoms in total. The summed E-state index contributed by atoms with van der Waals surface area (Å²) in [6.07, 6.45) is 15.6. The molecule has 5 N–H and O–H groups in total. The third kappa shape index (κ3) is 21.2. The summed E-state index contributed by atoms with van der Waals surface area (Å²) in [6.45, 7) is 13.5. The first-order valence-corrected chi connectivity index (χ1v) is 16.3. The van der Waals surface area contributed by atoms with E-state index < -0.39 is 40.8 Å². The van der Waals surface area contributed by atoms with Gasteiger partial charge < -0.3 is 25.2 Å². The third-order valence-corrected chi connectivity index (χ3v) is 6.61. The number of allylic oxidation sites excluding steroid dienone is 6. The molecule has 0 aliphatic heterocycles. The molecule has 3 atom stereocenters.